The van der Waals surface area contributed by atoms with Crippen molar-refractivity contribution in [2.75, 3.05) is 53.0 Å². The van der Waals surface area contributed by atoms with Crippen molar-refractivity contribution in [2.45, 2.75) is 12.5 Å². The molecule has 1 atom stereocenters. The second kappa shape index (κ2) is 8.09. The molecule has 1 unspecified atom stereocenters. The van der Waals surface area contributed by atoms with Gasteiger partial charge in [0.15, 0.2) is 0 Å². The molecule has 0 bridgehead atoms. The van der Waals surface area contributed by atoms with Crippen LogP contribution in [-0.2, 0) is 9.53 Å². The minimum absolute atomic E-state index is 0.0954. The van der Waals surface area contributed by atoms with E-state index in [1.807, 2.05) is 0 Å². The van der Waals surface area contributed by atoms with Crippen LogP contribution >= 0.6 is 0 Å². The summed E-state index contributed by atoms with van der Waals surface area (Å²) in [6, 6.07) is 2.71. The van der Waals surface area contributed by atoms with Gasteiger partial charge >= 0.3 is 0 Å². The van der Waals surface area contributed by atoms with E-state index in [2.05, 4.69) is 4.90 Å². The fraction of sp³-hybridized carbons (Fsp3) is 0.556. The van der Waals surface area contributed by atoms with E-state index in [0.717, 1.165) is 24.6 Å². The third-order valence-corrected chi connectivity index (χ3v) is 5.04. The van der Waals surface area contributed by atoms with Gasteiger partial charge in [-0.15, -0.1) is 0 Å². The Morgan fingerprint density at radius 2 is 1.92 bits per heavy atom. The maximum Gasteiger partial charge on any atom is 0.257 e. The monoisotopic (exact) mass is 367 g/mol. The predicted molar refractivity (Wildman–Crippen MR) is 90.7 cm³/mol. The van der Waals surface area contributed by atoms with Crippen LogP contribution in [0.4, 0.5) is 8.78 Å². The highest BCUT2D eigenvalue weighted by molar-refractivity contribution is 5.94. The van der Waals surface area contributed by atoms with Crippen LogP contribution in [0.15, 0.2) is 18.2 Å². The molecule has 26 heavy (non-hydrogen) atoms. The molecule has 0 radical (unpaired) electrons. The second-order valence-electron chi connectivity index (χ2n) is 6.57. The number of benzene rings is 1. The molecule has 2 amide bonds. The molecular weight excluding hydrogens is 344 g/mol. The number of piperazine rings is 1. The fourth-order valence-electron chi connectivity index (χ4n) is 3.55. The summed E-state index contributed by atoms with van der Waals surface area (Å²) in [7, 11) is 1.61. The van der Waals surface area contributed by atoms with E-state index in [1.54, 1.807) is 12.0 Å². The van der Waals surface area contributed by atoms with Crippen LogP contribution in [0.2, 0.25) is 0 Å². The lowest BCUT2D eigenvalue weighted by Gasteiger charge is -2.37. The van der Waals surface area contributed by atoms with Crippen LogP contribution in [0.3, 0.4) is 0 Å². The lowest BCUT2D eigenvalue weighted by molar-refractivity contribution is -0.133. The molecule has 142 valence electrons. The number of rotatable bonds is 5. The molecule has 8 heteroatoms. The Morgan fingerprint density at radius 1 is 1.19 bits per heavy atom. The molecule has 0 aromatic heterocycles. The van der Waals surface area contributed by atoms with Crippen LogP contribution in [0.5, 0.6) is 0 Å². The average Bonchev–Trinajstić information content (AvgIpc) is 3.02. The van der Waals surface area contributed by atoms with Gasteiger partial charge in [-0.05, 0) is 24.6 Å². The first-order chi connectivity index (χ1) is 12.5. The first-order valence-electron chi connectivity index (χ1n) is 8.77. The molecule has 2 heterocycles. The molecule has 2 fully saturated rings. The zero-order chi connectivity index (χ0) is 18.7. The lowest BCUT2D eigenvalue weighted by Crippen LogP contribution is -2.54. The number of carbonyl (C=O) groups is 2. The van der Waals surface area contributed by atoms with Crippen molar-refractivity contribution in [3.05, 3.63) is 35.4 Å². The molecule has 0 aliphatic carbocycles. The minimum Gasteiger partial charge on any atom is -0.383 e. The normalized spacial score (nSPS) is 21.5. The maximum atomic E-state index is 13.8. The second-order valence-corrected chi connectivity index (χ2v) is 6.57. The molecule has 2 aliphatic rings. The van der Waals surface area contributed by atoms with Gasteiger partial charge in [0.05, 0.1) is 18.2 Å². The van der Waals surface area contributed by atoms with Crippen LogP contribution in [0.25, 0.3) is 0 Å². The van der Waals surface area contributed by atoms with E-state index in [4.69, 9.17) is 4.74 Å². The van der Waals surface area contributed by atoms with Gasteiger partial charge in [0.25, 0.3) is 5.91 Å². The van der Waals surface area contributed by atoms with Crippen molar-refractivity contribution in [2.24, 2.45) is 0 Å². The van der Waals surface area contributed by atoms with Crippen LogP contribution in [-0.4, -0.2) is 85.5 Å². The number of nitrogens with zero attached hydrogens (tertiary/aromatic N) is 3. The summed E-state index contributed by atoms with van der Waals surface area (Å²) in [5, 5.41) is 0. The molecule has 0 saturated carbocycles. The van der Waals surface area contributed by atoms with Gasteiger partial charge in [0.1, 0.15) is 11.6 Å². The zero-order valence-electron chi connectivity index (χ0n) is 14.8. The Balaban J connectivity index is 1.57. The van der Waals surface area contributed by atoms with Gasteiger partial charge in [-0.1, -0.05) is 0 Å². The van der Waals surface area contributed by atoms with Crippen molar-refractivity contribution in [3.63, 3.8) is 0 Å². The molecule has 2 saturated heterocycles. The number of hydrogen-bond donors (Lipinski definition) is 0. The summed E-state index contributed by atoms with van der Waals surface area (Å²) < 4.78 is 32.1. The number of hydrogen-bond acceptors (Lipinski definition) is 4. The van der Waals surface area contributed by atoms with Crippen LogP contribution in [0, 0.1) is 11.6 Å². The third kappa shape index (κ3) is 3.86. The van der Waals surface area contributed by atoms with E-state index < -0.39 is 17.5 Å². The largest absolute Gasteiger partial charge is 0.383 e. The van der Waals surface area contributed by atoms with Crippen molar-refractivity contribution in [1.29, 1.82) is 0 Å². The third-order valence-electron chi connectivity index (χ3n) is 5.04. The standard InChI is InChI=1S/C18H23F2N3O3/c1-26-11-10-22-5-4-16(18(22)25)21-6-8-23(9-7-21)17(24)14-12-13(19)2-3-15(14)20/h2-3,12,16H,4-11H2,1H3. The van der Waals surface area contributed by atoms with Gasteiger partial charge in [0.2, 0.25) is 5.91 Å². The predicted octanol–water partition coefficient (Wildman–Crippen LogP) is 0.970. The SMILES string of the molecule is COCCN1CCC(N2CCN(C(=O)c3cc(F)ccc3F)CC2)C1=O. The van der Waals surface area contributed by atoms with Crippen molar-refractivity contribution >= 4 is 11.8 Å². The first-order valence-corrected chi connectivity index (χ1v) is 8.77. The number of carbonyl (C=O) groups excluding carboxylic acids is 2. The first kappa shape index (κ1) is 18.7. The summed E-state index contributed by atoms with van der Waals surface area (Å²) >= 11 is 0. The minimum atomic E-state index is -0.724. The Labute approximate surface area is 151 Å². The van der Waals surface area contributed by atoms with Crippen molar-refractivity contribution < 1.29 is 23.1 Å². The molecular formula is C18H23F2N3O3. The van der Waals surface area contributed by atoms with Gasteiger partial charge < -0.3 is 14.5 Å². The van der Waals surface area contributed by atoms with E-state index in [-0.39, 0.29) is 17.5 Å². The van der Waals surface area contributed by atoms with Gasteiger partial charge in [-0.25, -0.2) is 8.78 Å². The Kier molecular flexibility index (Phi) is 5.83. The Hall–Kier alpha value is -2.06. The van der Waals surface area contributed by atoms with Crippen molar-refractivity contribution in [3.8, 4) is 0 Å². The number of methoxy groups -OCH3 is 1. The van der Waals surface area contributed by atoms with Crippen LogP contribution < -0.4 is 0 Å². The summed E-state index contributed by atoms with van der Waals surface area (Å²) in [6.07, 6.45) is 0.759. The quantitative estimate of drug-likeness (QED) is 0.778. The summed E-state index contributed by atoms with van der Waals surface area (Å²) in [5.41, 5.74) is -0.249. The number of ether oxygens (including phenoxy) is 1. The van der Waals surface area contributed by atoms with Gasteiger partial charge in [0, 0.05) is 46.4 Å². The summed E-state index contributed by atoms with van der Waals surface area (Å²) in [5.74, 6) is -1.78. The zero-order valence-corrected chi connectivity index (χ0v) is 14.8. The van der Waals surface area contributed by atoms with E-state index in [1.165, 1.54) is 4.90 Å². The molecule has 0 N–H and O–H groups in total. The van der Waals surface area contributed by atoms with Crippen molar-refractivity contribution in [1.82, 2.24) is 14.7 Å². The molecule has 1 aromatic rings. The fourth-order valence-corrected chi connectivity index (χ4v) is 3.55. The number of likely N-dealkylation sites (tertiary alicyclic amines) is 1. The highest BCUT2D eigenvalue weighted by Crippen LogP contribution is 2.20. The molecule has 1 aromatic carbocycles. The number of amides is 2. The highest BCUT2D eigenvalue weighted by atomic mass is 19.1. The summed E-state index contributed by atoms with van der Waals surface area (Å²) in [6.45, 7) is 3.66. The molecule has 3 rings (SSSR count). The molecule has 6 nitrogen and oxygen atoms in total. The highest BCUT2D eigenvalue weighted by Gasteiger charge is 2.37. The smallest absolute Gasteiger partial charge is 0.257 e. The van der Waals surface area contributed by atoms with E-state index in [9.17, 15) is 18.4 Å². The van der Waals surface area contributed by atoms with Gasteiger partial charge in [-0.3, -0.25) is 14.5 Å². The molecule has 2 aliphatic heterocycles. The average molecular weight is 367 g/mol. The summed E-state index contributed by atoms with van der Waals surface area (Å²) in [4.78, 5) is 30.3. The number of halogens is 2. The lowest BCUT2D eigenvalue weighted by atomic mass is 10.1. The Morgan fingerprint density at radius 3 is 2.62 bits per heavy atom. The topological polar surface area (TPSA) is 53.1 Å². The Bertz CT molecular complexity index is 678. The van der Waals surface area contributed by atoms with E-state index in [0.29, 0.717) is 45.9 Å². The molecule has 0 spiro atoms. The van der Waals surface area contributed by atoms with Gasteiger partial charge in [-0.2, -0.15) is 0 Å². The van der Waals surface area contributed by atoms with E-state index >= 15 is 0 Å². The maximum absolute atomic E-state index is 13.8. The van der Waals surface area contributed by atoms with Crippen LogP contribution in [0.1, 0.15) is 16.8 Å².